The molecule has 0 saturated carbocycles. The largest absolute Gasteiger partial charge is 0.444 e. The number of nitrogens with one attached hydrogen (secondary N) is 1. The molecule has 0 unspecified atom stereocenters. The molecule has 0 bridgehead atoms. The molecular weight excluding hydrogens is 358 g/mol. The maximum absolute atomic E-state index is 12.4. The molecule has 2 aliphatic rings. The van der Waals surface area contributed by atoms with Crippen LogP contribution in [0, 0.1) is 0 Å². The van der Waals surface area contributed by atoms with E-state index in [9.17, 15) is 4.79 Å². The van der Waals surface area contributed by atoms with Gasteiger partial charge in [0.15, 0.2) is 0 Å². The molecule has 0 radical (unpaired) electrons. The minimum absolute atomic E-state index is 0.231. The summed E-state index contributed by atoms with van der Waals surface area (Å²) in [5.41, 5.74) is 2.81. The van der Waals surface area contributed by atoms with Crippen molar-refractivity contribution in [1.29, 1.82) is 0 Å². The van der Waals surface area contributed by atoms with Gasteiger partial charge in [0.25, 0.3) is 0 Å². The van der Waals surface area contributed by atoms with E-state index in [2.05, 4.69) is 11.4 Å². The summed E-state index contributed by atoms with van der Waals surface area (Å²) in [5.74, 6) is 1.26. The van der Waals surface area contributed by atoms with Crippen molar-refractivity contribution in [1.82, 2.24) is 9.88 Å². The number of aryl methyl sites for hydroxylation is 1. The molecule has 28 heavy (non-hydrogen) atoms. The van der Waals surface area contributed by atoms with Gasteiger partial charge in [0.1, 0.15) is 17.1 Å². The average molecular weight is 392 g/mol. The number of anilines is 1. The summed E-state index contributed by atoms with van der Waals surface area (Å²) in [6.07, 6.45) is 3.17. The zero-order valence-corrected chi connectivity index (χ0v) is 17.7. The van der Waals surface area contributed by atoms with Crippen LogP contribution in [-0.2, 0) is 20.6 Å². The molecule has 0 aromatic carbocycles. The molecule has 7 nitrogen and oxygen atoms in total. The van der Waals surface area contributed by atoms with E-state index in [0.717, 1.165) is 43.7 Å². The van der Waals surface area contributed by atoms with E-state index in [1.165, 1.54) is 11.1 Å². The Kier molecular flexibility index (Phi) is 6.45. The number of aromatic nitrogens is 1. The third-order valence-corrected chi connectivity index (χ3v) is 5.32. The van der Waals surface area contributed by atoms with E-state index in [1.54, 1.807) is 19.1 Å². The number of pyridine rings is 1. The van der Waals surface area contributed by atoms with Crippen molar-refractivity contribution >= 4 is 11.9 Å². The van der Waals surface area contributed by atoms with Crippen LogP contribution in [0.4, 0.5) is 10.6 Å². The molecule has 156 valence electrons. The molecule has 0 spiro atoms. The Morgan fingerprint density at radius 3 is 2.54 bits per heavy atom. The summed E-state index contributed by atoms with van der Waals surface area (Å²) in [6.45, 7) is 7.99. The molecule has 0 aliphatic carbocycles. The normalized spacial score (nSPS) is 18.0. The minimum atomic E-state index is -0.493. The number of ether oxygens (including phenoxy) is 3. The molecule has 3 rings (SSSR count). The molecule has 1 amide bonds. The lowest BCUT2D eigenvalue weighted by Crippen LogP contribution is -2.41. The van der Waals surface area contributed by atoms with Gasteiger partial charge in [0, 0.05) is 33.9 Å². The Bertz CT molecular complexity index is 690. The molecular formula is C21H33N3O4. The molecule has 3 heterocycles. The van der Waals surface area contributed by atoms with Crippen LogP contribution in [0.3, 0.4) is 0 Å². The van der Waals surface area contributed by atoms with E-state index in [0.29, 0.717) is 19.0 Å². The Morgan fingerprint density at radius 1 is 1.25 bits per heavy atom. The van der Waals surface area contributed by atoms with E-state index in [-0.39, 0.29) is 6.09 Å². The van der Waals surface area contributed by atoms with Crippen molar-refractivity contribution < 1.29 is 19.0 Å². The van der Waals surface area contributed by atoms with Gasteiger partial charge in [-0.05, 0) is 69.6 Å². The second kappa shape index (κ2) is 8.66. The first-order valence-corrected chi connectivity index (χ1v) is 10.1. The van der Waals surface area contributed by atoms with Gasteiger partial charge in [-0.25, -0.2) is 9.78 Å². The van der Waals surface area contributed by atoms with Gasteiger partial charge in [0.2, 0.25) is 6.29 Å². The van der Waals surface area contributed by atoms with Crippen molar-refractivity contribution in [2.45, 2.75) is 64.3 Å². The number of fused-ring (bicyclic) bond motifs is 1. The predicted octanol–water partition coefficient (Wildman–Crippen LogP) is 3.85. The van der Waals surface area contributed by atoms with E-state index in [1.807, 2.05) is 20.8 Å². The highest BCUT2D eigenvalue weighted by Gasteiger charge is 2.31. The number of likely N-dealkylation sites (tertiary alicyclic amines) is 1. The van der Waals surface area contributed by atoms with Crippen LogP contribution in [0.2, 0.25) is 0 Å². The third kappa shape index (κ3) is 4.75. The first-order chi connectivity index (χ1) is 13.3. The second-order valence-corrected chi connectivity index (χ2v) is 8.55. The standard InChI is InChI=1S/C21H33N3O4/c1-21(2,3)28-20(25)24-11-8-14(9-12-24)16-13-15-7-6-10-22-18(15)23-17(16)19(26-4)27-5/h13-14,19H,6-12H2,1-5H3,(H,22,23). The topological polar surface area (TPSA) is 72.9 Å². The minimum Gasteiger partial charge on any atom is -0.444 e. The fraction of sp³-hybridized carbons (Fsp3) is 0.714. The van der Waals surface area contributed by atoms with Gasteiger partial charge in [-0.3, -0.25) is 0 Å². The second-order valence-electron chi connectivity index (χ2n) is 8.55. The zero-order valence-electron chi connectivity index (χ0n) is 17.7. The predicted molar refractivity (Wildman–Crippen MR) is 108 cm³/mol. The lowest BCUT2D eigenvalue weighted by molar-refractivity contribution is -0.109. The molecule has 1 saturated heterocycles. The summed E-state index contributed by atoms with van der Waals surface area (Å²) in [5, 5.41) is 3.39. The Labute approximate surface area is 167 Å². The van der Waals surface area contributed by atoms with Crippen LogP contribution >= 0.6 is 0 Å². The van der Waals surface area contributed by atoms with Gasteiger partial charge >= 0.3 is 6.09 Å². The first-order valence-electron chi connectivity index (χ1n) is 10.1. The number of amides is 1. The third-order valence-electron chi connectivity index (χ3n) is 5.32. The maximum Gasteiger partial charge on any atom is 0.410 e. The lowest BCUT2D eigenvalue weighted by Gasteiger charge is -2.35. The Morgan fingerprint density at radius 2 is 1.93 bits per heavy atom. The van der Waals surface area contributed by atoms with Crippen LogP contribution in [-0.4, -0.2) is 55.4 Å². The molecule has 1 N–H and O–H groups in total. The zero-order chi connectivity index (χ0) is 20.3. The molecule has 1 aromatic heterocycles. The van der Waals surface area contributed by atoms with Crippen LogP contribution in [0.25, 0.3) is 0 Å². The highest BCUT2D eigenvalue weighted by Crippen LogP contribution is 2.36. The summed E-state index contributed by atoms with van der Waals surface area (Å²) in [4.78, 5) is 19.0. The van der Waals surface area contributed by atoms with Crippen LogP contribution < -0.4 is 5.32 Å². The van der Waals surface area contributed by atoms with Gasteiger partial charge in [-0.2, -0.15) is 0 Å². The summed E-state index contributed by atoms with van der Waals surface area (Å²) in [6, 6.07) is 2.27. The number of rotatable bonds is 4. The first kappa shape index (κ1) is 20.9. The SMILES string of the molecule is COC(OC)c1nc2c(cc1C1CCN(C(=O)OC(C)(C)C)CC1)CCCN2. The van der Waals surface area contributed by atoms with E-state index in [4.69, 9.17) is 19.2 Å². The number of hydrogen-bond donors (Lipinski definition) is 1. The van der Waals surface area contributed by atoms with Crippen LogP contribution in [0.15, 0.2) is 6.07 Å². The maximum atomic E-state index is 12.4. The summed E-state index contributed by atoms with van der Waals surface area (Å²) < 4.78 is 16.6. The van der Waals surface area contributed by atoms with Crippen molar-refractivity contribution in [2.75, 3.05) is 39.2 Å². The monoisotopic (exact) mass is 391 g/mol. The van der Waals surface area contributed by atoms with Gasteiger partial charge < -0.3 is 24.4 Å². The Hall–Kier alpha value is -1.86. The number of hydrogen-bond acceptors (Lipinski definition) is 6. The molecule has 1 fully saturated rings. The fourth-order valence-corrected chi connectivity index (χ4v) is 3.95. The lowest BCUT2D eigenvalue weighted by atomic mass is 9.86. The van der Waals surface area contributed by atoms with Crippen LogP contribution in [0.1, 0.15) is 69.1 Å². The van der Waals surface area contributed by atoms with E-state index >= 15 is 0 Å². The summed E-state index contributed by atoms with van der Waals surface area (Å²) in [7, 11) is 3.27. The van der Waals surface area contributed by atoms with Crippen molar-refractivity contribution in [2.24, 2.45) is 0 Å². The number of piperidine rings is 1. The number of methoxy groups -OCH3 is 2. The summed E-state index contributed by atoms with van der Waals surface area (Å²) >= 11 is 0. The molecule has 0 atom stereocenters. The average Bonchev–Trinajstić information content (AvgIpc) is 2.67. The van der Waals surface area contributed by atoms with Gasteiger partial charge in [-0.15, -0.1) is 0 Å². The van der Waals surface area contributed by atoms with Crippen molar-refractivity contribution in [3.63, 3.8) is 0 Å². The van der Waals surface area contributed by atoms with E-state index < -0.39 is 11.9 Å². The number of carbonyl (C=O) groups is 1. The number of nitrogens with zero attached hydrogens (tertiary/aromatic N) is 2. The van der Waals surface area contributed by atoms with Gasteiger partial charge in [-0.1, -0.05) is 0 Å². The fourth-order valence-electron chi connectivity index (χ4n) is 3.95. The highest BCUT2D eigenvalue weighted by atomic mass is 16.7. The number of carbonyl (C=O) groups excluding carboxylic acids is 1. The molecule has 1 aromatic rings. The van der Waals surface area contributed by atoms with Crippen LogP contribution in [0.5, 0.6) is 0 Å². The Balaban J connectivity index is 1.79. The highest BCUT2D eigenvalue weighted by molar-refractivity contribution is 5.68. The molecule has 2 aliphatic heterocycles. The van der Waals surface area contributed by atoms with Crippen molar-refractivity contribution in [3.8, 4) is 0 Å². The van der Waals surface area contributed by atoms with Gasteiger partial charge in [0.05, 0.1) is 0 Å². The smallest absolute Gasteiger partial charge is 0.410 e. The van der Waals surface area contributed by atoms with Crippen molar-refractivity contribution in [3.05, 3.63) is 22.9 Å². The quantitative estimate of drug-likeness (QED) is 0.786. The molecule has 7 heteroatoms.